The molecule has 1 N–H and O–H groups in total. The molecule has 1 aliphatic rings. The Morgan fingerprint density at radius 3 is 2.24 bits per heavy atom. The van der Waals surface area contributed by atoms with Gasteiger partial charge in [0.2, 0.25) is 5.95 Å². The smallest absolute Gasteiger partial charge is 0.416 e. The molecule has 1 aliphatic heterocycles. The second-order valence-electron chi connectivity index (χ2n) is 11.5. The van der Waals surface area contributed by atoms with Crippen LogP contribution in [-0.2, 0) is 28.4 Å². The molecule has 9 nitrogen and oxygen atoms in total. The Bertz CT molecular complexity index is 1570. The van der Waals surface area contributed by atoms with Gasteiger partial charge in [-0.25, -0.2) is 14.8 Å². The van der Waals surface area contributed by atoms with Crippen molar-refractivity contribution in [3.05, 3.63) is 76.6 Å². The number of halogens is 6. The van der Waals surface area contributed by atoms with E-state index in [2.05, 4.69) is 9.97 Å². The first-order valence-corrected chi connectivity index (χ1v) is 16.8. The number of nitrogens with zero attached hydrogens (tertiary/aromatic N) is 4. The van der Waals surface area contributed by atoms with Gasteiger partial charge in [0.05, 0.1) is 48.3 Å². The van der Waals surface area contributed by atoms with Gasteiger partial charge in [-0.15, -0.1) is 0 Å². The van der Waals surface area contributed by atoms with Crippen LogP contribution in [0.3, 0.4) is 0 Å². The van der Waals surface area contributed by atoms with Gasteiger partial charge in [-0.3, -0.25) is 9.69 Å². The van der Waals surface area contributed by atoms with Gasteiger partial charge in [0.1, 0.15) is 6.61 Å². The first kappa shape index (κ1) is 37.6. The zero-order valence-corrected chi connectivity index (χ0v) is 27.8. The number of carbonyl (C=O) groups is 2. The van der Waals surface area contributed by atoms with Crippen LogP contribution in [-0.4, -0.2) is 58.4 Å². The molecule has 0 fully saturated rings. The molecule has 266 valence electrons. The maximum atomic E-state index is 13.8. The molecule has 0 aliphatic carbocycles. The lowest BCUT2D eigenvalue weighted by Gasteiger charge is -2.44. The van der Waals surface area contributed by atoms with E-state index in [4.69, 9.17) is 14.6 Å². The number of aromatic nitrogens is 2. The zero-order valence-electron chi connectivity index (χ0n) is 27.0. The molecule has 3 aromatic rings. The number of carbonyl (C=O) groups excluding carboxylic acids is 1. The van der Waals surface area contributed by atoms with Crippen LogP contribution < -0.4 is 14.5 Å². The van der Waals surface area contributed by atoms with E-state index in [1.54, 1.807) is 36.9 Å². The Labute approximate surface area is 283 Å². The first-order valence-electron chi connectivity index (χ1n) is 15.4. The molecule has 49 heavy (non-hydrogen) atoms. The summed E-state index contributed by atoms with van der Waals surface area (Å²) in [5, 5.41) is 9.00. The normalized spacial score (nSPS) is 16.2. The van der Waals surface area contributed by atoms with Gasteiger partial charge in [-0.1, -0.05) is 24.6 Å². The average Bonchev–Trinajstić information content (AvgIpc) is 3.04. The highest BCUT2D eigenvalue weighted by molar-refractivity contribution is 7.98. The summed E-state index contributed by atoms with van der Waals surface area (Å²) in [5.41, 5.74) is -1.48. The van der Waals surface area contributed by atoms with Crippen molar-refractivity contribution < 1.29 is 50.5 Å². The standard InChI is InChI=1S/C33H36F6N4O5S/c1-4-24-16-28(26-12-20(2)6-7-27(26)43(24)31(46)48-10-8-29(44)45)42(30-40-17-25(18-41-30)47-9-5-11-49-3)19-21-13-22(32(34,35)36)15-23(14-21)33(37,38)39/h6-7,12-15,17-18,24,28H,4-5,8-11,16,19H2,1-3H3,(H,44,45)/t24-,28+/m1/s1. The molecule has 0 saturated heterocycles. The molecule has 0 bridgehead atoms. The molecule has 2 heterocycles. The maximum Gasteiger partial charge on any atom is 0.416 e. The number of fused-ring (bicyclic) bond motifs is 1. The summed E-state index contributed by atoms with van der Waals surface area (Å²) in [6.45, 7) is 3.19. The van der Waals surface area contributed by atoms with Crippen molar-refractivity contribution in [3.8, 4) is 5.75 Å². The summed E-state index contributed by atoms with van der Waals surface area (Å²) in [7, 11) is 0. The summed E-state index contributed by atoms with van der Waals surface area (Å²) >= 11 is 1.65. The van der Waals surface area contributed by atoms with Gasteiger partial charge >= 0.3 is 24.4 Å². The molecule has 0 radical (unpaired) electrons. The van der Waals surface area contributed by atoms with Gasteiger partial charge in [0.25, 0.3) is 0 Å². The number of carboxylic acid groups (broad SMARTS) is 1. The van der Waals surface area contributed by atoms with Gasteiger partial charge in [0, 0.05) is 12.6 Å². The number of ether oxygens (including phenoxy) is 2. The van der Waals surface area contributed by atoms with Crippen molar-refractivity contribution in [3.63, 3.8) is 0 Å². The highest BCUT2D eigenvalue weighted by Gasteiger charge is 2.41. The second kappa shape index (κ2) is 16.0. The van der Waals surface area contributed by atoms with Crippen molar-refractivity contribution >= 4 is 35.5 Å². The highest BCUT2D eigenvalue weighted by Crippen LogP contribution is 2.44. The average molecular weight is 715 g/mol. The fourth-order valence-electron chi connectivity index (χ4n) is 5.59. The van der Waals surface area contributed by atoms with Crippen molar-refractivity contribution in [2.24, 2.45) is 0 Å². The number of thioether (sulfide) groups is 1. The third-order valence-electron chi connectivity index (χ3n) is 7.88. The summed E-state index contributed by atoms with van der Waals surface area (Å²) in [6, 6.07) is 5.35. The third-order valence-corrected chi connectivity index (χ3v) is 8.58. The lowest BCUT2D eigenvalue weighted by molar-refractivity contribution is -0.143. The number of hydrogen-bond acceptors (Lipinski definition) is 8. The van der Waals surface area contributed by atoms with E-state index < -0.39 is 60.6 Å². The topological polar surface area (TPSA) is 105 Å². The quantitative estimate of drug-likeness (QED) is 0.138. The van der Waals surface area contributed by atoms with Crippen molar-refractivity contribution in [1.29, 1.82) is 0 Å². The molecule has 0 spiro atoms. The molecule has 4 rings (SSSR count). The molecule has 2 aromatic carbocycles. The number of amides is 1. The maximum absolute atomic E-state index is 13.8. The number of rotatable bonds is 13. The lowest BCUT2D eigenvalue weighted by Crippen LogP contribution is -2.48. The van der Waals surface area contributed by atoms with Crippen molar-refractivity contribution in [2.75, 3.05) is 35.0 Å². The molecule has 0 saturated carbocycles. The molecule has 1 aromatic heterocycles. The van der Waals surface area contributed by atoms with E-state index in [0.717, 1.165) is 17.7 Å². The van der Waals surface area contributed by atoms with E-state index in [1.807, 2.05) is 13.2 Å². The zero-order chi connectivity index (χ0) is 35.9. The minimum atomic E-state index is -5.05. The Morgan fingerprint density at radius 2 is 1.67 bits per heavy atom. The predicted octanol–water partition coefficient (Wildman–Crippen LogP) is 8.30. The minimum absolute atomic E-state index is 0.0206. The summed E-state index contributed by atoms with van der Waals surface area (Å²) in [6.07, 6.45) is -5.21. The number of benzene rings is 2. The molecule has 2 atom stereocenters. The Kier molecular flexibility index (Phi) is 12.3. The van der Waals surface area contributed by atoms with E-state index in [0.29, 0.717) is 42.2 Å². The van der Waals surface area contributed by atoms with Crippen LogP contribution in [0.5, 0.6) is 5.75 Å². The van der Waals surface area contributed by atoms with E-state index in [9.17, 15) is 35.9 Å². The molecular weight excluding hydrogens is 678 g/mol. The number of hydrogen-bond donors (Lipinski definition) is 1. The van der Waals surface area contributed by atoms with Gasteiger partial charge in [0.15, 0.2) is 5.75 Å². The molecule has 1 amide bonds. The molecule has 16 heteroatoms. The number of carboxylic acids is 1. The van der Waals surface area contributed by atoms with E-state index >= 15 is 0 Å². The van der Waals surface area contributed by atoms with Crippen LogP contribution in [0.1, 0.15) is 66.5 Å². The summed E-state index contributed by atoms with van der Waals surface area (Å²) < 4.78 is 94.0. The van der Waals surface area contributed by atoms with Crippen molar-refractivity contribution in [1.82, 2.24) is 9.97 Å². The van der Waals surface area contributed by atoms with Crippen LogP contribution in [0.2, 0.25) is 0 Å². The van der Waals surface area contributed by atoms with Gasteiger partial charge in [-0.05, 0) is 73.6 Å². The first-order chi connectivity index (χ1) is 23.1. The Balaban J connectivity index is 1.82. The van der Waals surface area contributed by atoms with E-state index in [1.165, 1.54) is 22.2 Å². The van der Waals surface area contributed by atoms with Gasteiger partial charge in [-0.2, -0.15) is 38.1 Å². The highest BCUT2D eigenvalue weighted by atomic mass is 32.2. The largest absolute Gasteiger partial charge is 0.490 e. The van der Waals surface area contributed by atoms with Crippen LogP contribution in [0, 0.1) is 6.92 Å². The fraction of sp³-hybridized carbons (Fsp3) is 0.455. The Hall–Kier alpha value is -4.21. The van der Waals surface area contributed by atoms with Crippen LogP contribution in [0.15, 0.2) is 48.8 Å². The lowest BCUT2D eigenvalue weighted by atomic mass is 9.87. The SMILES string of the molecule is CC[C@@H]1C[C@H](N(Cc2cc(C(F)(F)F)cc(C(F)(F)F)c2)c2ncc(OCCCSC)cn2)c2cc(C)ccc2N1C(=O)OCCC(=O)O. The third kappa shape index (κ3) is 9.70. The van der Waals surface area contributed by atoms with Crippen LogP contribution in [0.4, 0.5) is 42.8 Å². The van der Waals surface area contributed by atoms with Crippen molar-refractivity contribution in [2.45, 2.75) is 70.5 Å². The molecular formula is C33H36F6N4O5S. The van der Waals surface area contributed by atoms with Crippen LogP contribution in [0.25, 0.3) is 0 Å². The number of aryl methyl sites for hydroxylation is 1. The number of aliphatic carboxylic acids is 1. The summed E-state index contributed by atoms with van der Waals surface area (Å²) in [5.74, 6) is 0.0780. The van der Waals surface area contributed by atoms with Crippen LogP contribution >= 0.6 is 11.8 Å². The number of alkyl halides is 6. The molecule has 0 unspecified atom stereocenters. The monoisotopic (exact) mass is 714 g/mol. The van der Waals surface area contributed by atoms with Gasteiger partial charge < -0.3 is 19.5 Å². The summed E-state index contributed by atoms with van der Waals surface area (Å²) in [4.78, 5) is 36.1. The fourth-order valence-corrected chi connectivity index (χ4v) is 5.99. The van der Waals surface area contributed by atoms with E-state index in [-0.39, 0.29) is 30.6 Å². The Morgan fingerprint density at radius 1 is 1.02 bits per heavy atom. The predicted molar refractivity (Wildman–Crippen MR) is 172 cm³/mol. The second-order valence-corrected chi connectivity index (χ2v) is 12.4. The number of anilines is 2. The minimum Gasteiger partial charge on any atom is -0.490 e.